The Morgan fingerprint density at radius 3 is 3.04 bits per heavy atom. The molecule has 118 valence electrons. The number of allylic oxidation sites excluding steroid dienone is 3. The molecule has 3 rings (SSSR count). The number of aromatic amines is 1. The van der Waals surface area contributed by atoms with Crippen molar-refractivity contribution in [1.82, 2.24) is 9.97 Å². The molecule has 23 heavy (non-hydrogen) atoms. The predicted octanol–water partition coefficient (Wildman–Crippen LogP) is 3.50. The molecule has 6 heteroatoms. The zero-order valence-corrected chi connectivity index (χ0v) is 13.3. The fourth-order valence-electron chi connectivity index (χ4n) is 2.31. The van der Waals surface area contributed by atoms with Gasteiger partial charge in [-0.05, 0) is 30.4 Å². The Hall–Kier alpha value is -2.53. The highest BCUT2D eigenvalue weighted by Gasteiger charge is 2.12. The summed E-state index contributed by atoms with van der Waals surface area (Å²) in [5, 5.41) is 0.647. The predicted molar refractivity (Wildman–Crippen MR) is 88.0 cm³/mol. The van der Waals surface area contributed by atoms with E-state index >= 15 is 0 Å². The normalized spacial score (nSPS) is 13.0. The fraction of sp³-hybridized carbons (Fsp3) is 0.176. The van der Waals surface area contributed by atoms with Crippen LogP contribution < -0.4 is 9.47 Å². The number of fused-ring (bicyclic) bond motifs is 1. The lowest BCUT2D eigenvalue weighted by molar-refractivity contribution is 0.112. The van der Waals surface area contributed by atoms with Crippen LogP contribution in [0.2, 0.25) is 0 Å². The van der Waals surface area contributed by atoms with E-state index in [2.05, 4.69) is 9.97 Å². The molecule has 1 aliphatic rings. The van der Waals surface area contributed by atoms with Gasteiger partial charge in [-0.3, -0.25) is 4.79 Å². The number of nitrogens with zero attached hydrogens (tertiary/aromatic N) is 1. The first-order valence-electron chi connectivity index (χ1n) is 7.07. The van der Waals surface area contributed by atoms with Crippen LogP contribution in [0.15, 0.2) is 35.4 Å². The van der Waals surface area contributed by atoms with Crippen molar-refractivity contribution in [2.24, 2.45) is 0 Å². The van der Waals surface area contributed by atoms with Crippen LogP contribution in [-0.2, 0) is 13.0 Å². The summed E-state index contributed by atoms with van der Waals surface area (Å²) in [6, 6.07) is 5.01. The number of nitrogens with one attached hydrogen (secondary N) is 1. The number of hydrogen-bond acceptors (Lipinski definition) is 4. The number of halogens is 1. The number of hydrogen-bond donors (Lipinski definition) is 1. The van der Waals surface area contributed by atoms with E-state index in [4.69, 9.17) is 21.1 Å². The highest BCUT2D eigenvalue weighted by Crippen LogP contribution is 2.28. The minimum atomic E-state index is 0.263. The molecule has 0 radical (unpaired) electrons. The molecule has 1 heterocycles. The van der Waals surface area contributed by atoms with Crippen LogP contribution in [0.4, 0.5) is 0 Å². The van der Waals surface area contributed by atoms with Gasteiger partial charge in [-0.15, -0.1) is 0 Å². The fourth-order valence-corrected chi connectivity index (χ4v) is 2.51. The molecule has 0 saturated carbocycles. The lowest BCUT2D eigenvalue weighted by Crippen LogP contribution is -2.00. The molecule has 0 amide bonds. The second-order valence-corrected chi connectivity index (χ2v) is 5.44. The molecule has 0 bridgehead atoms. The van der Waals surface area contributed by atoms with E-state index in [0.29, 0.717) is 27.9 Å². The standard InChI is InChI=1S/C17H15ClN2O3/c1-22-16-7-11(9-21)5-6-15(16)23-10-17-19-13-4-2-3-12(18)8-14(13)20-17/h2-3,5-9H,4,10H2,1H3,(H,19,20). The van der Waals surface area contributed by atoms with Gasteiger partial charge in [0, 0.05) is 22.7 Å². The Labute approximate surface area is 138 Å². The van der Waals surface area contributed by atoms with Crippen molar-refractivity contribution in [3.8, 4) is 11.5 Å². The van der Waals surface area contributed by atoms with Crippen LogP contribution in [0.5, 0.6) is 11.5 Å². The lowest BCUT2D eigenvalue weighted by Gasteiger charge is -2.09. The number of carbonyl (C=O) groups excluding carboxylic acids is 1. The first kappa shape index (κ1) is 15.4. The summed E-state index contributed by atoms with van der Waals surface area (Å²) in [4.78, 5) is 18.5. The van der Waals surface area contributed by atoms with Crippen molar-refractivity contribution < 1.29 is 14.3 Å². The van der Waals surface area contributed by atoms with Crippen molar-refractivity contribution >= 4 is 24.0 Å². The number of H-pyrrole nitrogens is 1. The second kappa shape index (κ2) is 6.71. The summed E-state index contributed by atoms with van der Waals surface area (Å²) in [5.41, 5.74) is 2.35. The van der Waals surface area contributed by atoms with Gasteiger partial charge in [-0.1, -0.05) is 17.7 Å². The Morgan fingerprint density at radius 2 is 2.26 bits per heavy atom. The second-order valence-electron chi connectivity index (χ2n) is 5.00. The highest BCUT2D eigenvalue weighted by atomic mass is 35.5. The van der Waals surface area contributed by atoms with Gasteiger partial charge >= 0.3 is 0 Å². The van der Waals surface area contributed by atoms with Crippen molar-refractivity contribution in [1.29, 1.82) is 0 Å². The largest absolute Gasteiger partial charge is 0.493 e. The van der Waals surface area contributed by atoms with Gasteiger partial charge in [0.15, 0.2) is 11.5 Å². The van der Waals surface area contributed by atoms with Crippen molar-refractivity contribution in [2.75, 3.05) is 7.11 Å². The molecular weight excluding hydrogens is 316 g/mol. The van der Waals surface area contributed by atoms with E-state index in [1.807, 2.05) is 18.2 Å². The van der Waals surface area contributed by atoms with Crippen LogP contribution in [-0.4, -0.2) is 23.4 Å². The Morgan fingerprint density at radius 1 is 1.39 bits per heavy atom. The van der Waals surface area contributed by atoms with Crippen LogP contribution in [0, 0.1) is 0 Å². The van der Waals surface area contributed by atoms with E-state index in [1.54, 1.807) is 18.2 Å². The number of aldehydes is 1. The number of aromatic nitrogens is 2. The Kier molecular flexibility index (Phi) is 4.48. The van der Waals surface area contributed by atoms with Crippen molar-refractivity contribution in [2.45, 2.75) is 13.0 Å². The number of benzene rings is 1. The summed E-state index contributed by atoms with van der Waals surface area (Å²) in [6.07, 6.45) is 7.16. The first-order chi connectivity index (χ1) is 11.2. The molecule has 1 aromatic heterocycles. The minimum absolute atomic E-state index is 0.263. The third-order valence-corrected chi connectivity index (χ3v) is 3.66. The van der Waals surface area contributed by atoms with Gasteiger partial charge < -0.3 is 14.5 Å². The average Bonchev–Trinajstić information content (AvgIpc) is 2.85. The van der Waals surface area contributed by atoms with E-state index in [-0.39, 0.29) is 6.61 Å². The molecule has 0 fully saturated rings. The van der Waals surface area contributed by atoms with E-state index < -0.39 is 0 Å². The molecule has 0 spiro atoms. The van der Waals surface area contributed by atoms with Gasteiger partial charge in [-0.25, -0.2) is 4.98 Å². The van der Waals surface area contributed by atoms with Crippen LogP contribution in [0.3, 0.4) is 0 Å². The third-order valence-electron chi connectivity index (χ3n) is 3.42. The number of methoxy groups -OCH3 is 1. The van der Waals surface area contributed by atoms with Gasteiger partial charge in [0.1, 0.15) is 18.7 Å². The molecular formula is C17H15ClN2O3. The van der Waals surface area contributed by atoms with Crippen LogP contribution in [0.1, 0.15) is 27.6 Å². The van der Waals surface area contributed by atoms with Crippen molar-refractivity contribution in [3.05, 3.63) is 58.2 Å². The summed E-state index contributed by atoms with van der Waals surface area (Å²) in [5.74, 6) is 1.76. The van der Waals surface area contributed by atoms with E-state index in [9.17, 15) is 4.79 Å². The van der Waals surface area contributed by atoms with Gasteiger partial charge in [0.2, 0.25) is 0 Å². The molecule has 0 atom stereocenters. The highest BCUT2D eigenvalue weighted by molar-refractivity contribution is 6.33. The molecule has 5 nitrogen and oxygen atoms in total. The zero-order valence-electron chi connectivity index (χ0n) is 12.5. The maximum atomic E-state index is 10.8. The summed E-state index contributed by atoms with van der Waals surface area (Å²) >= 11 is 6.04. The van der Waals surface area contributed by atoms with Crippen LogP contribution >= 0.6 is 11.6 Å². The first-order valence-corrected chi connectivity index (χ1v) is 7.45. The molecule has 2 aromatic rings. The van der Waals surface area contributed by atoms with Gasteiger partial charge in [0.25, 0.3) is 0 Å². The zero-order chi connectivity index (χ0) is 16.2. The summed E-state index contributed by atoms with van der Waals surface area (Å²) in [6.45, 7) is 0.263. The SMILES string of the molecule is COc1cc(C=O)ccc1OCc1nc2c([nH]1)CC=CC(Cl)=C2. The quantitative estimate of drug-likeness (QED) is 0.852. The number of carbonyl (C=O) groups is 1. The van der Waals surface area contributed by atoms with E-state index in [0.717, 1.165) is 24.1 Å². The van der Waals surface area contributed by atoms with Crippen molar-refractivity contribution in [3.63, 3.8) is 0 Å². The summed E-state index contributed by atoms with van der Waals surface area (Å²) < 4.78 is 11.0. The monoisotopic (exact) mass is 330 g/mol. The van der Waals surface area contributed by atoms with Gasteiger partial charge in [0.05, 0.1) is 12.8 Å². The molecule has 0 unspecified atom stereocenters. The Bertz CT molecular complexity index is 793. The lowest BCUT2D eigenvalue weighted by atomic mass is 10.2. The van der Waals surface area contributed by atoms with Gasteiger partial charge in [-0.2, -0.15) is 0 Å². The number of rotatable bonds is 5. The summed E-state index contributed by atoms with van der Waals surface area (Å²) in [7, 11) is 1.53. The minimum Gasteiger partial charge on any atom is -0.493 e. The maximum absolute atomic E-state index is 10.8. The third kappa shape index (κ3) is 3.46. The molecule has 1 N–H and O–H groups in total. The molecule has 0 saturated heterocycles. The topological polar surface area (TPSA) is 64.2 Å². The van der Waals surface area contributed by atoms with Crippen LogP contribution in [0.25, 0.3) is 6.08 Å². The average molecular weight is 331 g/mol. The molecule has 0 aliphatic heterocycles. The molecule has 1 aromatic carbocycles. The Balaban J connectivity index is 1.76. The maximum Gasteiger partial charge on any atom is 0.161 e. The smallest absolute Gasteiger partial charge is 0.161 e. The molecule has 1 aliphatic carbocycles. The number of ether oxygens (including phenoxy) is 2. The number of imidazole rings is 1. The van der Waals surface area contributed by atoms with E-state index in [1.165, 1.54) is 7.11 Å².